The van der Waals surface area contributed by atoms with E-state index in [0.29, 0.717) is 18.8 Å². The predicted molar refractivity (Wildman–Crippen MR) is 62.5 cm³/mol. The Balaban J connectivity index is 2.30. The fourth-order valence-corrected chi connectivity index (χ4v) is 2.63. The molecule has 2 atom stereocenters. The van der Waals surface area contributed by atoms with Gasteiger partial charge in [-0.1, -0.05) is 19.4 Å². The summed E-state index contributed by atoms with van der Waals surface area (Å²) in [7, 11) is 0. The molecule has 2 rings (SSSR count). The van der Waals surface area contributed by atoms with E-state index < -0.39 is 17.2 Å². The molecular weight excluding hydrogens is 222 g/mol. The van der Waals surface area contributed by atoms with Crippen LogP contribution in [0.3, 0.4) is 0 Å². The van der Waals surface area contributed by atoms with Crippen LogP contribution in [0.1, 0.15) is 44.6 Å². The van der Waals surface area contributed by atoms with Crippen molar-refractivity contribution in [3.8, 4) is 0 Å². The van der Waals surface area contributed by atoms with Crippen molar-refractivity contribution in [1.29, 1.82) is 0 Å². The van der Waals surface area contributed by atoms with Gasteiger partial charge in [-0.25, -0.2) is 8.78 Å². The highest BCUT2D eigenvalue weighted by Crippen LogP contribution is 2.38. The Labute approximate surface area is 100 Å². The van der Waals surface area contributed by atoms with Crippen molar-refractivity contribution in [2.24, 2.45) is 5.92 Å². The Morgan fingerprint density at radius 1 is 1.24 bits per heavy atom. The fourth-order valence-electron chi connectivity index (χ4n) is 2.63. The first kappa shape index (κ1) is 12.5. The molecule has 0 aliphatic heterocycles. The Morgan fingerprint density at radius 2 is 2.00 bits per heavy atom. The number of halogens is 2. The van der Waals surface area contributed by atoms with E-state index in [1.807, 2.05) is 0 Å². The second-order valence-electron chi connectivity index (χ2n) is 5.19. The van der Waals surface area contributed by atoms with Crippen LogP contribution < -0.4 is 0 Å². The summed E-state index contributed by atoms with van der Waals surface area (Å²) in [6.07, 6.45) is 3.93. The average molecular weight is 240 g/mol. The first-order valence-corrected chi connectivity index (χ1v) is 6.19. The second kappa shape index (κ2) is 4.73. The van der Waals surface area contributed by atoms with Crippen LogP contribution in [0.2, 0.25) is 0 Å². The lowest BCUT2D eigenvalue weighted by molar-refractivity contribution is 0.0163. The van der Waals surface area contributed by atoms with E-state index in [2.05, 4.69) is 6.92 Å². The molecule has 1 aromatic carbocycles. The predicted octanol–water partition coefficient (Wildman–Crippen LogP) is 3.75. The Morgan fingerprint density at radius 3 is 2.71 bits per heavy atom. The third-order valence-corrected chi connectivity index (χ3v) is 3.77. The van der Waals surface area contributed by atoms with Crippen molar-refractivity contribution in [3.05, 3.63) is 35.4 Å². The maximum Gasteiger partial charge on any atom is 0.132 e. The van der Waals surface area contributed by atoms with Gasteiger partial charge in [-0.05, 0) is 37.7 Å². The molecule has 0 aromatic heterocycles. The molecule has 1 aromatic rings. The van der Waals surface area contributed by atoms with Gasteiger partial charge < -0.3 is 5.11 Å². The van der Waals surface area contributed by atoms with Gasteiger partial charge in [-0.3, -0.25) is 0 Å². The third kappa shape index (κ3) is 2.65. The Kier molecular flexibility index (Phi) is 3.48. The van der Waals surface area contributed by atoms with Crippen LogP contribution in [0.25, 0.3) is 0 Å². The number of hydrogen-bond acceptors (Lipinski definition) is 1. The molecule has 1 saturated carbocycles. The summed E-state index contributed by atoms with van der Waals surface area (Å²) in [5, 5.41) is 10.5. The molecule has 1 nitrogen and oxygen atoms in total. The lowest BCUT2D eigenvalue weighted by Gasteiger charge is -2.27. The number of benzene rings is 1. The van der Waals surface area contributed by atoms with Crippen LogP contribution >= 0.6 is 0 Å². The molecule has 1 aliphatic rings. The third-order valence-electron chi connectivity index (χ3n) is 3.77. The van der Waals surface area contributed by atoms with Crippen LogP contribution in [0, 0.1) is 17.6 Å². The van der Waals surface area contributed by atoms with Gasteiger partial charge >= 0.3 is 0 Å². The van der Waals surface area contributed by atoms with Gasteiger partial charge in [0.05, 0.1) is 5.60 Å². The lowest BCUT2D eigenvalue weighted by atomic mass is 9.86. The minimum Gasteiger partial charge on any atom is -0.385 e. The summed E-state index contributed by atoms with van der Waals surface area (Å²) in [5.41, 5.74) is -0.879. The number of rotatable bonds is 1. The van der Waals surface area contributed by atoms with Crippen molar-refractivity contribution < 1.29 is 13.9 Å². The zero-order valence-corrected chi connectivity index (χ0v) is 10.0. The lowest BCUT2D eigenvalue weighted by Crippen LogP contribution is -2.26. The Hall–Kier alpha value is -0.960. The summed E-state index contributed by atoms with van der Waals surface area (Å²) in [6.45, 7) is 2.15. The molecule has 0 heterocycles. The van der Waals surface area contributed by atoms with Crippen LogP contribution in [-0.2, 0) is 5.60 Å². The molecule has 0 amide bonds. The van der Waals surface area contributed by atoms with Gasteiger partial charge in [0.2, 0.25) is 0 Å². The van der Waals surface area contributed by atoms with Crippen molar-refractivity contribution in [2.75, 3.05) is 0 Å². The molecule has 1 N–H and O–H groups in total. The van der Waals surface area contributed by atoms with Crippen LogP contribution in [0.15, 0.2) is 18.2 Å². The molecule has 3 heteroatoms. The summed E-state index contributed by atoms with van der Waals surface area (Å²) in [6, 6.07) is 3.44. The van der Waals surface area contributed by atoms with Crippen molar-refractivity contribution in [3.63, 3.8) is 0 Å². The molecule has 17 heavy (non-hydrogen) atoms. The summed E-state index contributed by atoms with van der Waals surface area (Å²) in [4.78, 5) is 0. The van der Waals surface area contributed by atoms with Crippen molar-refractivity contribution >= 4 is 0 Å². The second-order valence-corrected chi connectivity index (χ2v) is 5.19. The van der Waals surface area contributed by atoms with E-state index in [-0.39, 0.29) is 5.56 Å². The zero-order chi connectivity index (χ0) is 12.5. The quantitative estimate of drug-likeness (QED) is 0.741. The fraction of sp³-hybridized carbons (Fsp3) is 0.571. The van der Waals surface area contributed by atoms with Gasteiger partial charge in [0.25, 0.3) is 0 Å². The Bertz CT molecular complexity index is 405. The highest BCUT2D eigenvalue weighted by molar-refractivity contribution is 5.25. The topological polar surface area (TPSA) is 20.2 Å². The van der Waals surface area contributed by atoms with Crippen LogP contribution in [0.4, 0.5) is 8.78 Å². The molecular formula is C14H18F2O. The van der Waals surface area contributed by atoms with Crippen molar-refractivity contribution in [2.45, 2.75) is 44.6 Å². The van der Waals surface area contributed by atoms with E-state index in [0.717, 1.165) is 25.3 Å². The van der Waals surface area contributed by atoms with E-state index in [4.69, 9.17) is 0 Å². The normalized spacial score (nSPS) is 30.0. The van der Waals surface area contributed by atoms with Crippen LogP contribution in [0.5, 0.6) is 0 Å². The van der Waals surface area contributed by atoms with Gasteiger partial charge in [0.15, 0.2) is 0 Å². The molecule has 1 aliphatic carbocycles. The maximum atomic E-state index is 13.7. The summed E-state index contributed by atoms with van der Waals surface area (Å²) in [5.74, 6) is -0.675. The van der Waals surface area contributed by atoms with Crippen LogP contribution in [-0.4, -0.2) is 5.11 Å². The SMILES string of the molecule is CC1CCCC(O)(c2ccc(F)cc2F)CC1. The standard InChI is InChI=1S/C14H18F2O/c1-10-3-2-7-14(17,8-6-10)12-5-4-11(15)9-13(12)16/h4-5,9-10,17H,2-3,6-8H2,1H3. The molecule has 0 bridgehead atoms. The molecule has 0 radical (unpaired) electrons. The summed E-state index contributed by atoms with van der Waals surface area (Å²) < 4.78 is 26.6. The zero-order valence-electron chi connectivity index (χ0n) is 10.0. The van der Waals surface area contributed by atoms with Gasteiger partial charge in [-0.2, -0.15) is 0 Å². The largest absolute Gasteiger partial charge is 0.385 e. The first-order valence-electron chi connectivity index (χ1n) is 6.19. The first-order chi connectivity index (χ1) is 8.01. The van der Waals surface area contributed by atoms with Gasteiger partial charge in [0, 0.05) is 11.6 Å². The monoisotopic (exact) mass is 240 g/mol. The molecule has 1 fully saturated rings. The highest BCUT2D eigenvalue weighted by atomic mass is 19.1. The minimum atomic E-state index is -1.12. The number of aliphatic hydroxyl groups is 1. The number of hydrogen-bond donors (Lipinski definition) is 1. The van der Waals surface area contributed by atoms with Gasteiger partial charge in [-0.15, -0.1) is 0 Å². The minimum absolute atomic E-state index is 0.244. The van der Waals surface area contributed by atoms with Gasteiger partial charge in [0.1, 0.15) is 11.6 Å². The van der Waals surface area contributed by atoms with Crippen molar-refractivity contribution in [1.82, 2.24) is 0 Å². The average Bonchev–Trinajstić information content (AvgIpc) is 2.42. The smallest absolute Gasteiger partial charge is 0.132 e. The molecule has 0 spiro atoms. The summed E-state index contributed by atoms with van der Waals surface area (Å²) >= 11 is 0. The maximum absolute atomic E-state index is 13.7. The van der Waals surface area contributed by atoms with E-state index in [9.17, 15) is 13.9 Å². The highest BCUT2D eigenvalue weighted by Gasteiger charge is 2.33. The molecule has 0 saturated heterocycles. The molecule has 2 unspecified atom stereocenters. The molecule has 94 valence electrons. The van der Waals surface area contributed by atoms with E-state index in [1.54, 1.807) is 0 Å². The van der Waals surface area contributed by atoms with E-state index >= 15 is 0 Å². The van der Waals surface area contributed by atoms with E-state index in [1.165, 1.54) is 12.1 Å².